The molecular weight excluding hydrogens is 328 g/mol. The summed E-state index contributed by atoms with van der Waals surface area (Å²) < 4.78 is 5.62. The van der Waals surface area contributed by atoms with Crippen LogP contribution >= 0.6 is 0 Å². The molecule has 1 fully saturated rings. The van der Waals surface area contributed by atoms with Crippen LogP contribution in [0.2, 0.25) is 0 Å². The first-order chi connectivity index (χ1) is 12.6. The van der Waals surface area contributed by atoms with E-state index in [0.717, 1.165) is 41.5 Å². The average molecular weight is 354 g/mol. The monoisotopic (exact) mass is 354 g/mol. The van der Waals surface area contributed by atoms with E-state index in [1.807, 2.05) is 36.1 Å². The lowest BCUT2D eigenvalue weighted by atomic mass is 10.0. The first-order valence-electron chi connectivity index (χ1n) is 8.74. The smallest absolute Gasteiger partial charge is 0.122 e. The molecule has 26 heavy (non-hydrogen) atoms. The topological polar surface area (TPSA) is 84.4 Å². The van der Waals surface area contributed by atoms with E-state index < -0.39 is 0 Å². The van der Waals surface area contributed by atoms with Crippen molar-refractivity contribution < 1.29 is 4.74 Å². The van der Waals surface area contributed by atoms with Crippen LogP contribution in [0.5, 0.6) is 5.75 Å². The van der Waals surface area contributed by atoms with Gasteiger partial charge in [-0.15, -0.1) is 0 Å². The summed E-state index contributed by atoms with van der Waals surface area (Å²) in [6, 6.07) is 5.82. The number of nitrogens with one attached hydrogen (secondary N) is 5. The third-order valence-corrected chi connectivity index (χ3v) is 4.35. The summed E-state index contributed by atoms with van der Waals surface area (Å²) in [7, 11) is 0. The van der Waals surface area contributed by atoms with E-state index in [1.165, 1.54) is 0 Å². The standard InChI is InChI=1S/C19H26N6O/c1-4-21-17(11-18(20)25-9-8-22-13(3)12-25)19-15-10-14(26-5-2)6-7-16(15)23-24-19/h4,6-7,10-11,19-24H,1,3,5,8-9,12H2,2H3/t19-/m1/s1. The van der Waals surface area contributed by atoms with E-state index in [-0.39, 0.29) is 6.04 Å². The Labute approximate surface area is 154 Å². The molecule has 1 aromatic carbocycles. The molecule has 138 valence electrons. The summed E-state index contributed by atoms with van der Waals surface area (Å²) in [5.41, 5.74) is 10.3. The van der Waals surface area contributed by atoms with Gasteiger partial charge in [0.15, 0.2) is 0 Å². The molecule has 5 N–H and O–H groups in total. The molecule has 1 atom stereocenters. The van der Waals surface area contributed by atoms with Crippen LogP contribution < -0.4 is 26.2 Å². The van der Waals surface area contributed by atoms with Gasteiger partial charge in [0, 0.05) is 36.1 Å². The SMILES string of the molecule is C=CNC(=CC(=N)N1CCNC(=C)C1)[C@@H]1NNc2ccc(OCC)cc21. The third kappa shape index (κ3) is 3.83. The van der Waals surface area contributed by atoms with Crippen LogP contribution in [-0.4, -0.2) is 37.0 Å². The summed E-state index contributed by atoms with van der Waals surface area (Å²) in [4.78, 5) is 1.99. The fraction of sp³-hybridized carbons (Fsp3) is 0.316. The van der Waals surface area contributed by atoms with Gasteiger partial charge in [0.25, 0.3) is 0 Å². The maximum Gasteiger partial charge on any atom is 0.122 e. The zero-order valence-electron chi connectivity index (χ0n) is 15.1. The predicted octanol–water partition coefficient (Wildman–Crippen LogP) is 2.07. The van der Waals surface area contributed by atoms with Crippen molar-refractivity contribution in [3.63, 3.8) is 0 Å². The highest BCUT2D eigenvalue weighted by Gasteiger charge is 2.26. The predicted molar refractivity (Wildman–Crippen MR) is 105 cm³/mol. The quantitative estimate of drug-likeness (QED) is 0.397. The van der Waals surface area contributed by atoms with Gasteiger partial charge in [0.05, 0.1) is 24.9 Å². The normalized spacial score (nSPS) is 19.3. The van der Waals surface area contributed by atoms with Crippen LogP contribution in [0.15, 0.2) is 55.0 Å². The molecule has 0 saturated carbocycles. The Morgan fingerprint density at radius 3 is 3.08 bits per heavy atom. The molecule has 0 amide bonds. The first kappa shape index (κ1) is 17.9. The van der Waals surface area contributed by atoms with Crippen LogP contribution in [0.25, 0.3) is 0 Å². The van der Waals surface area contributed by atoms with Gasteiger partial charge in [-0.05, 0) is 31.3 Å². The van der Waals surface area contributed by atoms with E-state index in [2.05, 4.69) is 34.6 Å². The first-order valence-corrected chi connectivity index (χ1v) is 8.74. The molecule has 7 nitrogen and oxygen atoms in total. The van der Waals surface area contributed by atoms with Crippen molar-refractivity contribution in [1.82, 2.24) is 21.0 Å². The third-order valence-electron chi connectivity index (χ3n) is 4.35. The van der Waals surface area contributed by atoms with E-state index >= 15 is 0 Å². The van der Waals surface area contributed by atoms with Crippen molar-refractivity contribution in [3.8, 4) is 5.75 Å². The maximum absolute atomic E-state index is 8.47. The Morgan fingerprint density at radius 1 is 1.50 bits per heavy atom. The maximum atomic E-state index is 8.47. The largest absolute Gasteiger partial charge is 0.494 e. The summed E-state index contributed by atoms with van der Waals surface area (Å²) in [6.07, 6.45) is 3.46. The fourth-order valence-electron chi connectivity index (χ4n) is 3.13. The number of hydrogen-bond donors (Lipinski definition) is 5. The van der Waals surface area contributed by atoms with Crippen LogP contribution in [-0.2, 0) is 0 Å². The molecule has 0 aliphatic carbocycles. The summed E-state index contributed by atoms with van der Waals surface area (Å²) in [6.45, 7) is 12.5. The minimum atomic E-state index is -0.130. The van der Waals surface area contributed by atoms with E-state index in [4.69, 9.17) is 10.1 Å². The Kier molecular flexibility index (Phi) is 5.48. The second-order valence-corrected chi connectivity index (χ2v) is 6.17. The summed E-state index contributed by atoms with van der Waals surface area (Å²) in [5.74, 6) is 1.27. The molecule has 7 heteroatoms. The number of amidine groups is 1. The molecule has 0 unspecified atom stereocenters. The van der Waals surface area contributed by atoms with E-state index in [1.54, 1.807) is 6.20 Å². The highest BCUT2D eigenvalue weighted by atomic mass is 16.5. The molecule has 3 rings (SSSR count). The zero-order chi connectivity index (χ0) is 18.5. The number of hydrazine groups is 1. The van der Waals surface area contributed by atoms with Crippen molar-refractivity contribution in [2.24, 2.45) is 0 Å². The number of piperazine rings is 1. The van der Waals surface area contributed by atoms with Crippen molar-refractivity contribution in [3.05, 3.63) is 60.6 Å². The van der Waals surface area contributed by atoms with Gasteiger partial charge >= 0.3 is 0 Å². The van der Waals surface area contributed by atoms with Crippen molar-refractivity contribution in [2.45, 2.75) is 13.0 Å². The molecule has 0 bridgehead atoms. The van der Waals surface area contributed by atoms with Gasteiger partial charge < -0.3 is 25.7 Å². The number of hydrogen-bond acceptors (Lipinski definition) is 6. The van der Waals surface area contributed by atoms with Crippen LogP contribution in [0.3, 0.4) is 0 Å². The molecule has 1 aromatic rings. The van der Waals surface area contributed by atoms with Crippen LogP contribution in [0.4, 0.5) is 5.69 Å². The Hall–Kier alpha value is -2.93. The number of anilines is 1. The highest BCUT2D eigenvalue weighted by molar-refractivity contribution is 5.91. The second kappa shape index (κ2) is 7.97. The van der Waals surface area contributed by atoms with Gasteiger partial charge in [-0.3, -0.25) is 5.41 Å². The zero-order valence-corrected chi connectivity index (χ0v) is 15.1. The van der Waals surface area contributed by atoms with Gasteiger partial charge in [0.1, 0.15) is 11.6 Å². The van der Waals surface area contributed by atoms with Crippen molar-refractivity contribution >= 4 is 11.5 Å². The molecule has 2 aliphatic rings. The lowest BCUT2D eigenvalue weighted by Crippen LogP contribution is -2.44. The fourth-order valence-corrected chi connectivity index (χ4v) is 3.13. The molecule has 1 saturated heterocycles. The molecule has 0 spiro atoms. The number of rotatable bonds is 6. The second-order valence-electron chi connectivity index (χ2n) is 6.17. The molecule has 2 heterocycles. The van der Waals surface area contributed by atoms with Crippen molar-refractivity contribution in [2.75, 3.05) is 31.7 Å². The van der Waals surface area contributed by atoms with Crippen LogP contribution in [0, 0.1) is 5.41 Å². The lowest BCUT2D eigenvalue weighted by molar-refractivity contribution is 0.340. The molecule has 2 aliphatic heterocycles. The Morgan fingerprint density at radius 2 is 2.35 bits per heavy atom. The Bertz CT molecular complexity index is 742. The van der Waals surface area contributed by atoms with Gasteiger partial charge in [-0.2, -0.15) is 0 Å². The van der Waals surface area contributed by atoms with Gasteiger partial charge in [0.2, 0.25) is 0 Å². The van der Waals surface area contributed by atoms with Crippen molar-refractivity contribution in [1.29, 1.82) is 5.41 Å². The minimum absolute atomic E-state index is 0.130. The molecular formula is C19H26N6O. The number of nitrogens with zero attached hydrogens (tertiary/aromatic N) is 1. The van der Waals surface area contributed by atoms with E-state index in [9.17, 15) is 0 Å². The van der Waals surface area contributed by atoms with E-state index in [0.29, 0.717) is 19.0 Å². The average Bonchev–Trinajstić information content (AvgIpc) is 3.05. The number of fused-ring (bicyclic) bond motifs is 1. The van der Waals surface area contributed by atoms with Gasteiger partial charge in [-0.1, -0.05) is 13.2 Å². The highest BCUT2D eigenvalue weighted by Crippen LogP contribution is 2.35. The molecule has 0 aromatic heterocycles. The van der Waals surface area contributed by atoms with Gasteiger partial charge in [-0.25, -0.2) is 5.43 Å². The van der Waals surface area contributed by atoms with Crippen LogP contribution in [0.1, 0.15) is 18.5 Å². The summed E-state index contributed by atoms with van der Waals surface area (Å²) in [5, 5.41) is 14.9. The lowest BCUT2D eigenvalue weighted by Gasteiger charge is -2.30. The summed E-state index contributed by atoms with van der Waals surface area (Å²) >= 11 is 0. The minimum Gasteiger partial charge on any atom is -0.494 e. The number of ether oxygens (including phenoxy) is 1. The Balaban J connectivity index is 1.85. The molecule has 0 radical (unpaired) electrons. The number of benzene rings is 1.